The smallest absolute Gasteiger partial charge is 0.235 e. The summed E-state index contributed by atoms with van der Waals surface area (Å²) in [5.74, 6) is 0.288. The molecule has 25 heavy (non-hydrogen) atoms. The Morgan fingerprint density at radius 3 is 2.00 bits per heavy atom. The number of nitrogens with zero attached hydrogens (tertiary/aromatic N) is 2. The number of hydrogen-bond donors (Lipinski definition) is 2. The molecule has 0 fully saturated rings. The van der Waals surface area contributed by atoms with Crippen molar-refractivity contribution in [2.24, 2.45) is 0 Å². The van der Waals surface area contributed by atoms with Crippen molar-refractivity contribution in [3.63, 3.8) is 0 Å². The topological polar surface area (TPSA) is 46.7 Å². The van der Waals surface area contributed by atoms with Crippen molar-refractivity contribution in [2.75, 3.05) is 13.1 Å². The summed E-state index contributed by atoms with van der Waals surface area (Å²) < 4.78 is 2.22. The van der Waals surface area contributed by atoms with Gasteiger partial charge in [0.15, 0.2) is 12.1 Å². The van der Waals surface area contributed by atoms with Crippen LogP contribution in [-0.2, 0) is 0 Å². The normalized spacial score (nSPS) is 20.0. The number of phenols is 2. The van der Waals surface area contributed by atoms with Gasteiger partial charge in [-0.05, 0) is 50.2 Å². The van der Waals surface area contributed by atoms with E-state index in [0.717, 1.165) is 24.2 Å². The predicted molar refractivity (Wildman–Crippen MR) is 101 cm³/mol. The standard InChI is InChI=1S/C19H20Cl2N2O2/c1-3-22-11-23(4-2)19(15-8-6-13(25)10-17(15)21)18(22)14-7-5-12(24)9-16(14)20/h5-11,18-19H,3-4H2,1-2H3,(H-,24,25)/p+1/t18-,19+. The van der Waals surface area contributed by atoms with Crippen LogP contribution in [0.25, 0.3) is 0 Å². The van der Waals surface area contributed by atoms with Crippen LogP contribution in [-0.4, -0.2) is 39.1 Å². The van der Waals surface area contributed by atoms with Gasteiger partial charge in [-0.1, -0.05) is 23.2 Å². The second kappa shape index (κ2) is 7.14. The SMILES string of the molecule is CCN1C=[N+](CC)[C@@H](c2ccc(O)cc2Cl)[C@H]1c1ccc(O)cc1Cl. The molecule has 0 aliphatic carbocycles. The third-order valence-corrected chi connectivity index (χ3v) is 5.30. The first-order chi connectivity index (χ1) is 12.0. The van der Waals surface area contributed by atoms with Gasteiger partial charge in [-0.25, -0.2) is 0 Å². The van der Waals surface area contributed by atoms with E-state index in [1.54, 1.807) is 24.3 Å². The van der Waals surface area contributed by atoms with E-state index in [9.17, 15) is 10.2 Å². The monoisotopic (exact) mass is 379 g/mol. The van der Waals surface area contributed by atoms with E-state index >= 15 is 0 Å². The van der Waals surface area contributed by atoms with Crippen LogP contribution in [0.4, 0.5) is 0 Å². The first-order valence-electron chi connectivity index (χ1n) is 8.29. The van der Waals surface area contributed by atoms with E-state index in [2.05, 4.69) is 29.7 Å². The third-order valence-electron chi connectivity index (χ3n) is 4.65. The molecule has 2 aromatic rings. The summed E-state index contributed by atoms with van der Waals surface area (Å²) in [7, 11) is 0. The highest BCUT2D eigenvalue weighted by Gasteiger charge is 2.44. The van der Waals surface area contributed by atoms with Crippen molar-refractivity contribution in [1.82, 2.24) is 4.90 Å². The van der Waals surface area contributed by atoms with Gasteiger partial charge in [0.2, 0.25) is 6.34 Å². The minimum Gasteiger partial charge on any atom is -0.508 e. The summed E-state index contributed by atoms with van der Waals surface area (Å²) in [4.78, 5) is 2.22. The Labute approximate surface area is 157 Å². The Morgan fingerprint density at radius 2 is 1.52 bits per heavy atom. The minimum absolute atomic E-state index is 0.0416. The highest BCUT2D eigenvalue weighted by Crippen LogP contribution is 2.45. The molecule has 0 saturated heterocycles. The van der Waals surface area contributed by atoms with Crippen molar-refractivity contribution in [2.45, 2.75) is 25.9 Å². The van der Waals surface area contributed by atoms with Crippen molar-refractivity contribution in [1.29, 1.82) is 0 Å². The van der Waals surface area contributed by atoms with Gasteiger partial charge in [0.05, 0.1) is 23.1 Å². The number of phenolic OH excluding ortho intramolecular Hbond substituents is 2. The van der Waals surface area contributed by atoms with Crippen LogP contribution in [0.1, 0.15) is 37.1 Å². The number of halogens is 2. The van der Waals surface area contributed by atoms with Crippen molar-refractivity contribution in [3.8, 4) is 11.5 Å². The van der Waals surface area contributed by atoms with Crippen molar-refractivity contribution in [3.05, 3.63) is 57.6 Å². The molecule has 1 aliphatic heterocycles. The molecular weight excluding hydrogens is 359 g/mol. The lowest BCUT2D eigenvalue weighted by atomic mass is 9.92. The fourth-order valence-corrected chi connectivity index (χ4v) is 4.04. The first-order valence-corrected chi connectivity index (χ1v) is 9.05. The molecule has 4 nitrogen and oxygen atoms in total. The summed E-state index contributed by atoms with van der Waals surface area (Å²) in [5.41, 5.74) is 1.87. The molecule has 1 heterocycles. The molecule has 0 spiro atoms. The van der Waals surface area contributed by atoms with E-state index in [-0.39, 0.29) is 23.6 Å². The predicted octanol–water partition coefficient (Wildman–Crippen LogP) is 4.58. The lowest BCUT2D eigenvalue weighted by Crippen LogP contribution is -2.26. The zero-order chi connectivity index (χ0) is 18.1. The van der Waals surface area contributed by atoms with Crippen LogP contribution in [0.5, 0.6) is 11.5 Å². The maximum Gasteiger partial charge on any atom is 0.235 e. The van der Waals surface area contributed by atoms with Crippen LogP contribution in [0.3, 0.4) is 0 Å². The Kier molecular flexibility index (Phi) is 5.11. The average molecular weight is 380 g/mol. The lowest BCUT2D eigenvalue weighted by molar-refractivity contribution is -0.560. The lowest BCUT2D eigenvalue weighted by Gasteiger charge is -2.25. The van der Waals surface area contributed by atoms with Crippen LogP contribution < -0.4 is 0 Å². The van der Waals surface area contributed by atoms with E-state index in [4.69, 9.17) is 23.2 Å². The quantitative estimate of drug-likeness (QED) is 0.764. The number of benzene rings is 2. The number of aromatic hydroxyl groups is 2. The molecule has 0 radical (unpaired) electrons. The summed E-state index contributed by atoms with van der Waals surface area (Å²) >= 11 is 12.9. The maximum atomic E-state index is 9.69. The number of likely N-dealkylation sites (N-methyl/N-ethyl adjacent to an activating group) is 2. The van der Waals surface area contributed by atoms with E-state index in [1.165, 1.54) is 0 Å². The molecule has 1 aliphatic rings. The van der Waals surface area contributed by atoms with Crippen molar-refractivity contribution < 1.29 is 14.8 Å². The molecule has 0 bridgehead atoms. The fourth-order valence-electron chi connectivity index (χ4n) is 3.46. The van der Waals surface area contributed by atoms with Gasteiger partial charge in [-0.2, -0.15) is 0 Å². The Morgan fingerprint density at radius 1 is 0.960 bits per heavy atom. The Bertz CT molecular complexity index is 823. The molecular formula is C19H21Cl2N2O2+. The van der Waals surface area contributed by atoms with E-state index < -0.39 is 0 Å². The van der Waals surface area contributed by atoms with Gasteiger partial charge < -0.3 is 10.2 Å². The average Bonchev–Trinajstić information content (AvgIpc) is 2.93. The number of hydrogen-bond acceptors (Lipinski definition) is 3. The Balaban J connectivity index is 2.15. The summed E-state index contributed by atoms with van der Waals surface area (Å²) in [5, 5.41) is 20.4. The molecule has 6 heteroatoms. The molecule has 3 rings (SSSR count). The second-order valence-electron chi connectivity index (χ2n) is 6.08. The van der Waals surface area contributed by atoms with E-state index in [1.807, 2.05) is 12.1 Å². The van der Waals surface area contributed by atoms with Gasteiger partial charge in [0.1, 0.15) is 11.5 Å². The molecule has 132 valence electrons. The van der Waals surface area contributed by atoms with Gasteiger partial charge in [0.25, 0.3) is 0 Å². The Hall–Kier alpha value is -1.91. The van der Waals surface area contributed by atoms with Crippen molar-refractivity contribution >= 4 is 29.5 Å². The largest absolute Gasteiger partial charge is 0.508 e. The molecule has 2 aromatic carbocycles. The maximum absolute atomic E-state index is 9.69. The van der Waals surface area contributed by atoms with Crippen LogP contribution in [0.2, 0.25) is 10.0 Å². The summed E-state index contributed by atoms with van der Waals surface area (Å²) in [6.07, 6.45) is 2.10. The zero-order valence-corrected chi connectivity index (χ0v) is 15.7. The molecule has 0 saturated carbocycles. The number of rotatable bonds is 4. The molecule has 0 unspecified atom stereocenters. The van der Waals surface area contributed by atoms with Gasteiger partial charge in [-0.3, -0.25) is 9.48 Å². The minimum atomic E-state index is -0.0416. The first kappa shape index (κ1) is 17.9. The molecule has 0 amide bonds. The molecule has 2 atom stereocenters. The highest BCUT2D eigenvalue weighted by molar-refractivity contribution is 6.32. The van der Waals surface area contributed by atoms with Gasteiger partial charge in [-0.15, -0.1) is 0 Å². The molecule has 2 N–H and O–H groups in total. The van der Waals surface area contributed by atoms with Crippen LogP contribution in [0, 0.1) is 0 Å². The van der Waals surface area contributed by atoms with Crippen LogP contribution in [0.15, 0.2) is 36.4 Å². The third kappa shape index (κ3) is 3.29. The highest BCUT2D eigenvalue weighted by atomic mass is 35.5. The van der Waals surface area contributed by atoms with Gasteiger partial charge in [0, 0.05) is 11.1 Å². The molecule has 0 aromatic heterocycles. The zero-order valence-electron chi connectivity index (χ0n) is 14.2. The van der Waals surface area contributed by atoms with E-state index in [0.29, 0.717) is 10.0 Å². The van der Waals surface area contributed by atoms with Crippen LogP contribution >= 0.6 is 23.2 Å². The summed E-state index contributed by atoms with van der Waals surface area (Å²) in [6, 6.07) is 10.1. The van der Waals surface area contributed by atoms with Gasteiger partial charge >= 0.3 is 0 Å². The summed E-state index contributed by atoms with van der Waals surface area (Å²) in [6.45, 7) is 5.80. The fraction of sp³-hybridized carbons (Fsp3) is 0.316. The second-order valence-corrected chi connectivity index (χ2v) is 6.89.